The van der Waals surface area contributed by atoms with Crippen molar-refractivity contribution in [3.05, 3.63) is 59.7 Å². The van der Waals surface area contributed by atoms with E-state index in [0.717, 1.165) is 28.3 Å². The fraction of sp³-hybridized carbons (Fsp3) is 0.481. The first-order chi connectivity index (χ1) is 17.7. The first-order valence-corrected chi connectivity index (χ1v) is 14.2. The lowest BCUT2D eigenvalue weighted by molar-refractivity contribution is -0.142. The average molecular weight is 554 g/mol. The summed E-state index contributed by atoms with van der Waals surface area (Å²) in [4.78, 5) is 28.0. The third kappa shape index (κ3) is 8.97. The van der Waals surface area contributed by atoms with E-state index in [1.165, 1.54) is 11.0 Å². The van der Waals surface area contributed by atoms with Crippen LogP contribution in [0.3, 0.4) is 0 Å². The summed E-state index contributed by atoms with van der Waals surface area (Å²) in [6.07, 6.45) is 1.36. The van der Waals surface area contributed by atoms with Crippen LogP contribution in [-0.4, -0.2) is 56.6 Å². The number of sulfonamides is 1. The topological polar surface area (TPSA) is 96.0 Å². The molecule has 0 aliphatic heterocycles. The largest absolute Gasteiger partial charge is 0.497 e. The summed E-state index contributed by atoms with van der Waals surface area (Å²) in [5, 5.41) is 2.93. The van der Waals surface area contributed by atoms with Crippen LogP contribution in [0.1, 0.15) is 52.5 Å². The van der Waals surface area contributed by atoms with Crippen LogP contribution in [0.5, 0.6) is 5.75 Å². The molecule has 0 saturated heterocycles. The van der Waals surface area contributed by atoms with Gasteiger partial charge in [-0.25, -0.2) is 17.2 Å². The normalized spacial score (nSPS) is 12.5. The van der Waals surface area contributed by atoms with Gasteiger partial charge in [-0.1, -0.05) is 19.1 Å². The number of benzene rings is 2. The zero-order valence-electron chi connectivity index (χ0n) is 22.8. The minimum absolute atomic E-state index is 0.0371. The fourth-order valence-electron chi connectivity index (χ4n) is 3.94. The third-order valence-electron chi connectivity index (χ3n) is 5.74. The highest BCUT2D eigenvalue weighted by molar-refractivity contribution is 7.92. The Bertz CT molecular complexity index is 1210. The molecule has 0 saturated carbocycles. The van der Waals surface area contributed by atoms with Crippen molar-refractivity contribution in [2.45, 2.75) is 65.1 Å². The van der Waals surface area contributed by atoms with Gasteiger partial charge in [0.2, 0.25) is 21.8 Å². The highest BCUT2D eigenvalue weighted by Crippen LogP contribution is 2.22. The number of ether oxygens (including phenoxy) is 1. The van der Waals surface area contributed by atoms with Crippen molar-refractivity contribution in [3.8, 4) is 5.75 Å². The number of halogens is 2. The maximum absolute atomic E-state index is 13.8. The van der Waals surface area contributed by atoms with Crippen LogP contribution in [0.2, 0.25) is 0 Å². The number of nitrogens with zero attached hydrogens (tertiary/aromatic N) is 2. The van der Waals surface area contributed by atoms with Gasteiger partial charge in [-0.2, -0.15) is 0 Å². The number of carbonyl (C=O) groups excluding carboxylic acids is 2. The lowest BCUT2D eigenvalue weighted by atomic mass is 10.0. The molecule has 0 radical (unpaired) electrons. The van der Waals surface area contributed by atoms with Gasteiger partial charge in [0, 0.05) is 31.1 Å². The van der Waals surface area contributed by atoms with E-state index >= 15 is 0 Å². The quantitative estimate of drug-likeness (QED) is 0.424. The second-order valence-corrected chi connectivity index (χ2v) is 12.0. The Morgan fingerprint density at radius 1 is 1.05 bits per heavy atom. The van der Waals surface area contributed by atoms with Crippen molar-refractivity contribution in [1.29, 1.82) is 0 Å². The van der Waals surface area contributed by atoms with Crippen LogP contribution in [0, 0.1) is 11.6 Å². The van der Waals surface area contributed by atoms with E-state index in [1.807, 2.05) is 39.8 Å². The maximum atomic E-state index is 13.8. The molecule has 0 spiro atoms. The summed E-state index contributed by atoms with van der Waals surface area (Å²) in [5.74, 6) is -2.24. The highest BCUT2D eigenvalue weighted by atomic mass is 32.2. The number of amides is 2. The minimum atomic E-state index is -3.83. The first-order valence-electron chi connectivity index (χ1n) is 12.3. The second kappa shape index (κ2) is 13.0. The van der Waals surface area contributed by atoms with E-state index in [9.17, 15) is 26.8 Å². The standard InChI is InChI=1S/C27H37F2N3O5S/c1-7-24(26(34)30-27(2,3)4)31(18-19-10-13-21(37-5)14-11-19)25(33)9-8-16-32(38(6,35)36)20-12-15-22(28)23(29)17-20/h10-15,17,24H,7-9,16,18H2,1-6H3,(H,30,34)/t24-/m0/s1. The summed E-state index contributed by atoms with van der Waals surface area (Å²) in [7, 11) is -2.28. The first kappa shape index (κ1) is 31.0. The molecule has 1 N–H and O–H groups in total. The molecule has 2 rings (SSSR count). The van der Waals surface area contributed by atoms with Gasteiger partial charge in [-0.15, -0.1) is 0 Å². The summed E-state index contributed by atoms with van der Waals surface area (Å²) in [6.45, 7) is 7.41. The summed E-state index contributed by atoms with van der Waals surface area (Å²) in [5.41, 5.74) is 0.255. The number of hydrogen-bond acceptors (Lipinski definition) is 5. The second-order valence-electron chi connectivity index (χ2n) is 10.1. The molecule has 0 aromatic heterocycles. The van der Waals surface area contributed by atoms with Crippen molar-refractivity contribution < 1.29 is 31.5 Å². The van der Waals surface area contributed by atoms with Crippen molar-refractivity contribution in [2.75, 3.05) is 24.2 Å². The molecule has 1 atom stereocenters. The van der Waals surface area contributed by atoms with Gasteiger partial charge in [0.1, 0.15) is 11.8 Å². The molecule has 2 aromatic carbocycles. The Morgan fingerprint density at radius 2 is 1.68 bits per heavy atom. The van der Waals surface area contributed by atoms with Crippen LogP contribution in [-0.2, 0) is 26.2 Å². The molecule has 0 unspecified atom stereocenters. The Kier molecular flexibility index (Phi) is 10.6. The predicted octanol–water partition coefficient (Wildman–Crippen LogP) is 4.24. The van der Waals surface area contributed by atoms with E-state index in [1.54, 1.807) is 19.2 Å². The average Bonchev–Trinajstić information content (AvgIpc) is 2.82. The van der Waals surface area contributed by atoms with Gasteiger partial charge in [-0.3, -0.25) is 13.9 Å². The number of hydrogen-bond donors (Lipinski definition) is 1. The van der Waals surface area contributed by atoms with Gasteiger partial charge >= 0.3 is 0 Å². The Hall–Kier alpha value is -3.21. The van der Waals surface area contributed by atoms with Crippen molar-refractivity contribution >= 4 is 27.5 Å². The molecular weight excluding hydrogens is 516 g/mol. The smallest absolute Gasteiger partial charge is 0.243 e. The molecule has 38 heavy (non-hydrogen) atoms. The Labute approximate surface area is 224 Å². The lowest BCUT2D eigenvalue weighted by Gasteiger charge is -2.33. The van der Waals surface area contributed by atoms with E-state index in [2.05, 4.69) is 5.32 Å². The number of methoxy groups -OCH3 is 1. The van der Waals surface area contributed by atoms with Gasteiger partial charge in [0.05, 0.1) is 19.1 Å². The molecule has 8 nitrogen and oxygen atoms in total. The van der Waals surface area contributed by atoms with Crippen LogP contribution in [0.15, 0.2) is 42.5 Å². The van der Waals surface area contributed by atoms with Gasteiger partial charge < -0.3 is 15.0 Å². The van der Waals surface area contributed by atoms with Gasteiger partial charge in [0.25, 0.3) is 0 Å². The van der Waals surface area contributed by atoms with Crippen molar-refractivity contribution in [1.82, 2.24) is 10.2 Å². The van der Waals surface area contributed by atoms with Crippen LogP contribution < -0.4 is 14.4 Å². The summed E-state index contributed by atoms with van der Waals surface area (Å²) in [6, 6.07) is 9.22. The van der Waals surface area contributed by atoms with Crippen LogP contribution in [0.25, 0.3) is 0 Å². The van der Waals surface area contributed by atoms with Crippen molar-refractivity contribution in [2.24, 2.45) is 0 Å². The minimum Gasteiger partial charge on any atom is -0.497 e. The van der Waals surface area contributed by atoms with Gasteiger partial charge in [0.15, 0.2) is 11.6 Å². The van der Waals surface area contributed by atoms with Crippen LogP contribution >= 0.6 is 0 Å². The van der Waals surface area contributed by atoms with Crippen LogP contribution in [0.4, 0.5) is 14.5 Å². The van der Waals surface area contributed by atoms with E-state index < -0.39 is 33.2 Å². The summed E-state index contributed by atoms with van der Waals surface area (Å²) >= 11 is 0. The third-order valence-corrected chi connectivity index (χ3v) is 6.93. The molecule has 2 amide bonds. The predicted molar refractivity (Wildman–Crippen MR) is 143 cm³/mol. The molecule has 0 heterocycles. The Balaban J connectivity index is 2.26. The molecule has 0 bridgehead atoms. The van der Waals surface area contributed by atoms with Gasteiger partial charge in [-0.05, 0) is 63.4 Å². The monoisotopic (exact) mass is 553 g/mol. The number of carbonyl (C=O) groups is 2. The summed E-state index contributed by atoms with van der Waals surface area (Å²) < 4.78 is 58.0. The fourth-order valence-corrected chi connectivity index (χ4v) is 4.90. The molecular formula is C27H37F2N3O5S. The van der Waals surface area contributed by atoms with E-state index in [-0.39, 0.29) is 43.4 Å². The Morgan fingerprint density at radius 3 is 2.18 bits per heavy atom. The zero-order valence-corrected chi connectivity index (χ0v) is 23.6. The van der Waals surface area contributed by atoms with E-state index in [0.29, 0.717) is 12.2 Å². The molecule has 0 fully saturated rings. The van der Waals surface area contributed by atoms with Crippen molar-refractivity contribution in [3.63, 3.8) is 0 Å². The zero-order chi connectivity index (χ0) is 28.7. The SMILES string of the molecule is CC[C@@H](C(=O)NC(C)(C)C)N(Cc1ccc(OC)cc1)C(=O)CCCN(c1ccc(F)c(F)c1)S(C)(=O)=O. The molecule has 0 aliphatic rings. The van der Waals surface area contributed by atoms with E-state index in [4.69, 9.17) is 4.74 Å². The number of anilines is 1. The molecule has 210 valence electrons. The molecule has 11 heteroatoms. The maximum Gasteiger partial charge on any atom is 0.243 e. The highest BCUT2D eigenvalue weighted by Gasteiger charge is 2.30. The molecule has 0 aliphatic carbocycles. The lowest BCUT2D eigenvalue weighted by Crippen LogP contribution is -2.53. The molecule has 2 aromatic rings. The number of nitrogens with one attached hydrogen (secondary N) is 1. The number of rotatable bonds is 12.